The van der Waals surface area contributed by atoms with Crippen LogP contribution in [0.4, 0.5) is 5.82 Å². The molecule has 3 saturated heterocycles. The summed E-state index contributed by atoms with van der Waals surface area (Å²) < 4.78 is 1.61. The van der Waals surface area contributed by atoms with Gasteiger partial charge in [-0.25, -0.2) is 10.4 Å². The molecule has 3 aliphatic rings. The summed E-state index contributed by atoms with van der Waals surface area (Å²) in [5.74, 6) is 1.47. The zero-order valence-corrected chi connectivity index (χ0v) is 16.8. The Labute approximate surface area is 170 Å². The molecule has 154 valence electrons. The first-order valence-electron chi connectivity index (χ1n) is 10.5. The standard InChI is InChI=1S/C21H29N7O/c1-27-8-5-14(11-20(27)29)17-12-15-18(13-23-17)25-26-21(15)16-3-2-4-19(24-16)28-9-6-22-7-10-28/h2-5,8,11,15,17-18,21-23,25-26H,6-7,9-10,12-13H2,1H3. The fourth-order valence-corrected chi connectivity index (χ4v) is 4.78. The van der Waals surface area contributed by atoms with Crippen LogP contribution in [0.15, 0.2) is 41.3 Å². The van der Waals surface area contributed by atoms with E-state index in [0.29, 0.717) is 12.0 Å². The maximum atomic E-state index is 12.1. The number of hydrogen-bond donors (Lipinski definition) is 4. The van der Waals surface area contributed by atoms with Gasteiger partial charge < -0.3 is 20.1 Å². The van der Waals surface area contributed by atoms with Crippen molar-refractivity contribution in [2.45, 2.75) is 24.5 Å². The second kappa shape index (κ2) is 7.87. The van der Waals surface area contributed by atoms with E-state index in [-0.39, 0.29) is 17.6 Å². The van der Waals surface area contributed by atoms with Gasteiger partial charge in [0.05, 0.1) is 11.7 Å². The molecule has 5 heterocycles. The van der Waals surface area contributed by atoms with Gasteiger partial charge in [-0.3, -0.25) is 10.2 Å². The number of aromatic nitrogens is 2. The highest BCUT2D eigenvalue weighted by Crippen LogP contribution is 2.38. The van der Waals surface area contributed by atoms with Crippen molar-refractivity contribution in [1.82, 2.24) is 31.0 Å². The summed E-state index contributed by atoms with van der Waals surface area (Å²) in [5, 5.41) is 7.00. The minimum Gasteiger partial charge on any atom is -0.354 e. The first kappa shape index (κ1) is 18.7. The molecule has 0 amide bonds. The SMILES string of the molecule is Cn1ccc(C2CC3C(CN2)NNC3c2cccc(N3CCNCC3)n2)cc1=O. The van der Waals surface area contributed by atoms with E-state index in [4.69, 9.17) is 4.98 Å². The van der Waals surface area contributed by atoms with Crippen LogP contribution in [-0.2, 0) is 7.05 Å². The largest absolute Gasteiger partial charge is 0.354 e. The van der Waals surface area contributed by atoms with Crippen LogP contribution in [0.25, 0.3) is 0 Å². The molecule has 8 nitrogen and oxygen atoms in total. The first-order chi connectivity index (χ1) is 14.2. The lowest BCUT2D eigenvalue weighted by atomic mass is 9.81. The smallest absolute Gasteiger partial charge is 0.250 e. The molecule has 0 saturated carbocycles. The molecule has 0 aromatic carbocycles. The number of fused-ring (bicyclic) bond motifs is 1. The van der Waals surface area contributed by atoms with E-state index in [1.54, 1.807) is 17.7 Å². The summed E-state index contributed by atoms with van der Waals surface area (Å²) in [4.78, 5) is 19.4. The van der Waals surface area contributed by atoms with Crippen molar-refractivity contribution in [2.24, 2.45) is 13.0 Å². The van der Waals surface area contributed by atoms with Crippen molar-refractivity contribution < 1.29 is 0 Å². The van der Waals surface area contributed by atoms with Gasteiger partial charge in [0.25, 0.3) is 5.56 Å². The fourth-order valence-electron chi connectivity index (χ4n) is 4.78. The zero-order chi connectivity index (χ0) is 19.8. The van der Waals surface area contributed by atoms with Gasteiger partial charge in [-0.2, -0.15) is 0 Å². The highest BCUT2D eigenvalue weighted by Gasteiger charge is 2.42. The van der Waals surface area contributed by atoms with Crippen molar-refractivity contribution in [1.29, 1.82) is 0 Å². The summed E-state index contributed by atoms with van der Waals surface area (Å²) in [6.07, 6.45) is 2.81. The Balaban J connectivity index is 1.36. The highest BCUT2D eigenvalue weighted by atomic mass is 16.1. The Morgan fingerprint density at radius 3 is 2.83 bits per heavy atom. The van der Waals surface area contributed by atoms with E-state index in [0.717, 1.165) is 56.2 Å². The van der Waals surface area contributed by atoms with Crippen LogP contribution in [0.3, 0.4) is 0 Å². The quantitative estimate of drug-likeness (QED) is 0.585. The molecular weight excluding hydrogens is 366 g/mol. The molecule has 2 aromatic heterocycles. The van der Waals surface area contributed by atoms with Crippen molar-refractivity contribution in [3.63, 3.8) is 0 Å². The van der Waals surface area contributed by atoms with Gasteiger partial charge in [-0.05, 0) is 30.2 Å². The van der Waals surface area contributed by atoms with Crippen molar-refractivity contribution in [3.8, 4) is 0 Å². The lowest BCUT2D eigenvalue weighted by molar-refractivity contribution is 0.265. The van der Waals surface area contributed by atoms with Crippen molar-refractivity contribution in [3.05, 3.63) is 58.1 Å². The Kier molecular flexibility index (Phi) is 5.09. The molecule has 0 radical (unpaired) electrons. The Morgan fingerprint density at radius 1 is 1.14 bits per heavy atom. The summed E-state index contributed by atoms with van der Waals surface area (Å²) in [5.41, 5.74) is 9.14. The second-order valence-corrected chi connectivity index (χ2v) is 8.30. The monoisotopic (exact) mass is 395 g/mol. The van der Waals surface area contributed by atoms with Gasteiger partial charge in [0.1, 0.15) is 5.82 Å². The molecule has 3 fully saturated rings. The predicted molar refractivity (Wildman–Crippen MR) is 113 cm³/mol. The number of hydrazine groups is 1. The van der Waals surface area contributed by atoms with Gasteiger partial charge >= 0.3 is 0 Å². The number of anilines is 1. The summed E-state index contributed by atoms with van der Waals surface area (Å²) >= 11 is 0. The summed E-state index contributed by atoms with van der Waals surface area (Å²) in [6.45, 7) is 4.86. The average Bonchev–Trinajstić information content (AvgIpc) is 3.20. The highest BCUT2D eigenvalue weighted by molar-refractivity contribution is 5.40. The lowest BCUT2D eigenvalue weighted by Gasteiger charge is -2.34. The molecule has 0 aliphatic carbocycles. The molecule has 29 heavy (non-hydrogen) atoms. The molecule has 4 unspecified atom stereocenters. The number of nitrogens with zero attached hydrogens (tertiary/aromatic N) is 3. The molecule has 4 atom stereocenters. The number of hydrogen-bond acceptors (Lipinski definition) is 7. The molecular formula is C21H29N7O. The van der Waals surface area contributed by atoms with Gasteiger partial charge in [0, 0.05) is 70.0 Å². The van der Waals surface area contributed by atoms with Gasteiger partial charge in [0.2, 0.25) is 0 Å². The summed E-state index contributed by atoms with van der Waals surface area (Å²) in [6, 6.07) is 10.9. The maximum Gasteiger partial charge on any atom is 0.250 e. The van der Waals surface area contributed by atoms with Gasteiger partial charge in [-0.15, -0.1) is 0 Å². The van der Waals surface area contributed by atoms with Crippen molar-refractivity contribution in [2.75, 3.05) is 37.6 Å². The molecule has 0 spiro atoms. The third-order valence-electron chi connectivity index (χ3n) is 6.51. The van der Waals surface area contributed by atoms with Crippen LogP contribution in [0, 0.1) is 5.92 Å². The predicted octanol–water partition coefficient (Wildman–Crippen LogP) is 0.0582. The van der Waals surface area contributed by atoms with E-state index in [9.17, 15) is 4.79 Å². The Hall–Kier alpha value is -2.26. The minimum absolute atomic E-state index is 0.0380. The topological polar surface area (TPSA) is 86.2 Å². The molecule has 5 rings (SSSR count). The van der Waals surface area contributed by atoms with E-state index in [1.807, 2.05) is 12.3 Å². The Bertz CT molecular complexity index is 923. The van der Waals surface area contributed by atoms with Crippen LogP contribution >= 0.6 is 0 Å². The van der Waals surface area contributed by atoms with Crippen molar-refractivity contribution >= 4 is 5.82 Å². The number of aryl methyl sites for hydroxylation is 1. The molecule has 0 bridgehead atoms. The second-order valence-electron chi connectivity index (χ2n) is 8.30. The molecule has 2 aromatic rings. The van der Waals surface area contributed by atoms with E-state index in [2.05, 4.69) is 44.6 Å². The zero-order valence-electron chi connectivity index (χ0n) is 16.8. The van der Waals surface area contributed by atoms with E-state index >= 15 is 0 Å². The van der Waals surface area contributed by atoms with Crippen LogP contribution in [0.1, 0.15) is 29.8 Å². The lowest BCUT2D eigenvalue weighted by Crippen LogP contribution is -2.46. The van der Waals surface area contributed by atoms with Crippen LogP contribution in [-0.4, -0.2) is 48.3 Å². The number of piperazine rings is 1. The number of nitrogens with one attached hydrogen (secondary N) is 4. The first-order valence-corrected chi connectivity index (χ1v) is 10.5. The van der Waals surface area contributed by atoms with Crippen LogP contribution < -0.4 is 31.9 Å². The molecule has 8 heteroatoms. The van der Waals surface area contributed by atoms with E-state index in [1.165, 1.54) is 0 Å². The molecule has 3 aliphatic heterocycles. The van der Waals surface area contributed by atoms with Crippen LogP contribution in [0.2, 0.25) is 0 Å². The minimum atomic E-state index is 0.0380. The Morgan fingerprint density at radius 2 is 2.00 bits per heavy atom. The maximum absolute atomic E-state index is 12.1. The average molecular weight is 396 g/mol. The summed E-state index contributed by atoms with van der Waals surface area (Å²) in [7, 11) is 1.79. The third kappa shape index (κ3) is 3.69. The number of rotatable bonds is 3. The number of piperidine rings is 1. The van der Waals surface area contributed by atoms with Crippen LogP contribution in [0.5, 0.6) is 0 Å². The fraction of sp³-hybridized carbons (Fsp3) is 0.524. The normalized spacial score (nSPS) is 29.6. The van der Waals surface area contributed by atoms with Gasteiger partial charge in [0.15, 0.2) is 0 Å². The molecule has 4 N–H and O–H groups in total. The third-order valence-corrected chi connectivity index (χ3v) is 6.51. The van der Waals surface area contributed by atoms with Gasteiger partial charge in [-0.1, -0.05) is 6.07 Å². The number of pyridine rings is 2. The van der Waals surface area contributed by atoms with E-state index < -0.39 is 0 Å².